The van der Waals surface area contributed by atoms with Crippen molar-refractivity contribution in [2.24, 2.45) is 69.9 Å². The molecule has 41 nitrogen and oxygen atoms in total. The SMILES string of the molecule is CC[C@H](C)[C@H](NC(=O)[C@H](C)NC(=O)[C@H](CCCCN)NC(=O)[C@@H]1CCCN1C(=O)[C@@H](NC(=O)[C@H](CC(C)C)NC(=O)[C@H](CCCCN)NC(=O)[C@H](Cc1ccccc1)NC(=O)[C@H](CC(C)C)NC(=O)[C@@H](N)Cc1ccccc1)[C@@H](C)CC)C(=O)N[C@@H](CCCCN)C(=O)NCC(=O)N[C@@H](CC(C)C)C(=O)N[C@@H](CC(C)C)C(=O)N[C@@H](CCCCN)C(=O)N[C@@H](C)C(=O)N[C@@H](Cc1ccccc1)C(=O)N[C@H](C=O)CCCCN. The maximum absolute atomic E-state index is 15.2. The van der Waals surface area contributed by atoms with Gasteiger partial charge in [-0.3, -0.25) is 81.5 Å². The molecule has 0 aromatic heterocycles. The van der Waals surface area contributed by atoms with Crippen LogP contribution in [0.5, 0.6) is 0 Å². The predicted molar refractivity (Wildman–Crippen MR) is 564 cm³/mol. The standard InChI is InChI=1S/C106H175N23O18/c1-15-68(11)89(105(146)121-77(44-27-32-50-108)94(135)113-62-88(131)117-81(55-64(3)4)99(140)125-83(57-66(7)8)100(141)118-78(45-28-33-51-109)95(136)114-70(13)91(132)122-85(60-73-39-22-18-23-40-73)98(139)116-75(63-130)43-26-31-49-107)127-92(133)71(14)115-96(137)79(46-29-34-52-110)120-104(145)87-48-36-54-129(87)106(147)90(69(12)16-2)128-103(144)84(58-67(9)10)124-97(138)80(47-30-35-53-111)119-102(143)86(61-74-41-24-19-25-42-74)126-101(142)82(56-65(5)6)123-93(134)76(112)59-72-37-20-17-21-38-72/h17-25,37-42,63-71,75-87,89-90H,15-16,26-36,43-62,107-112H2,1-14H3,(H,113,135)(H,114,136)(H,115,137)(H,116,139)(H,117,131)(H,118,141)(H,119,143)(H,120,145)(H,121,146)(H,122,132)(H,123,134)(H,124,138)(H,125,140)(H,126,142)(H,127,133)(H,128,144)/t68-,69-,70-,71-,75-,76-,77-,78-,79-,80-,81-,82-,83-,84-,85-,86-,87-,89-,90-/m0/s1. The van der Waals surface area contributed by atoms with E-state index in [-0.39, 0.29) is 133 Å². The molecule has 822 valence electrons. The molecule has 41 heteroatoms. The van der Waals surface area contributed by atoms with Crippen molar-refractivity contribution >= 4 is 107 Å². The zero-order valence-electron chi connectivity index (χ0n) is 89.1. The Bertz CT molecular complexity index is 4600. The Balaban J connectivity index is 1.49. The highest BCUT2D eigenvalue weighted by molar-refractivity contribution is 6.01. The number of carbonyl (C=O) groups excluding carboxylic acids is 18. The van der Waals surface area contributed by atoms with Crippen LogP contribution < -0.4 is 119 Å². The molecule has 0 saturated carbocycles. The molecule has 4 rings (SSSR count). The summed E-state index contributed by atoms with van der Waals surface area (Å²) in [5, 5.41) is 44.2. The van der Waals surface area contributed by atoms with E-state index < -0.39 is 222 Å². The molecule has 0 spiro atoms. The molecule has 0 aliphatic carbocycles. The van der Waals surface area contributed by atoms with Gasteiger partial charge in [-0.1, -0.05) is 187 Å². The minimum absolute atomic E-state index is 0.0177. The van der Waals surface area contributed by atoms with Crippen LogP contribution in [-0.4, -0.2) is 260 Å². The van der Waals surface area contributed by atoms with E-state index >= 15 is 4.79 Å². The molecule has 1 aliphatic heterocycles. The van der Waals surface area contributed by atoms with Crippen LogP contribution in [0.1, 0.15) is 261 Å². The first-order valence-corrected chi connectivity index (χ1v) is 52.9. The van der Waals surface area contributed by atoms with E-state index in [4.69, 9.17) is 34.4 Å². The van der Waals surface area contributed by atoms with Crippen LogP contribution in [0.15, 0.2) is 91.0 Å². The minimum atomic E-state index is -1.36. The summed E-state index contributed by atoms with van der Waals surface area (Å²) in [6.07, 6.45) is 7.36. The number of nitrogens with one attached hydrogen (secondary N) is 16. The van der Waals surface area contributed by atoms with E-state index in [0.717, 1.165) is 5.56 Å². The third-order valence-corrected chi connectivity index (χ3v) is 26.0. The van der Waals surface area contributed by atoms with E-state index in [1.807, 2.05) is 78.8 Å². The average molecular weight is 2060 g/mol. The van der Waals surface area contributed by atoms with E-state index in [2.05, 4.69) is 85.1 Å². The number of amides is 17. The molecule has 0 unspecified atom stereocenters. The molecule has 0 radical (unpaired) electrons. The summed E-state index contributed by atoms with van der Waals surface area (Å²) in [6, 6.07) is 6.30. The van der Waals surface area contributed by atoms with Crippen LogP contribution in [0.25, 0.3) is 0 Å². The lowest BCUT2D eigenvalue weighted by Gasteiger charge is -2.33. The minimum Gasteiger partial charge on any atom is -0.345 e. The Morgan fingerprint density at radius 1 is 0.327 bits per heavy atom. The molecule has 1 heterocycles. The highest BCUT2D eigenvalue weighted by atomic mass is 16.2. The molecule has 3 aromatic rings. The van der Waals surface area contributed by atoms with Crippen LogP contribution in [0.2, 0.25) is 0 Å². The van der Waals surface area contributed by atoms with E-state index in [1.54, 1.807) is 95.3 Å². The maximum Gasteiger partial charge on any atom is 0.246 e. The molecular formula is C106H175N23O18. The lowest BCUT2D eigenvalue weighted by molar-refractivity contribution is -0.143. The fourth-order valence-corrected chi connectivity index (χ4v) is 17.1. The number of likely N-dealkylation sites (tertiary alicyclic amines) is 1. The fourth-order valence-electron chi connectivity index (χ4n) is 17.1. The highest BCUT2D eigenvalue weighted by Crippen LogP contribution is 2.25. The second kappa shape index (κ2) is 69.3. The summed E-state index contributed by atoms with van der Waals surface area (Å²) in [5.74, 6) is -14.2. The van der Waals surface area contributed by atoms with E-state index in [1.165, 1.54) is 18.7 Å². The second-order valence-corrected chi connectivity index (χ2v) is 40.6. The Kier molecular flexibility index (Phi) is 60.1. The monoisotopic (exact) mass is 2060 g/mol. The van der Waals surface area contributed by atoms with Gasteiger partial charge in [-0.05, 0) is 240 Å². The van der Waals surface area contributed by atoms with Gasteiger partial charge in [0.25, 0.3) is 0 Å². The van der Waals surface area contributed by atoms with Crippen molar-refractivity contribution in [3.63, 3.8) is 0 Å². The zero-order valence-corrected chi connectivity index (χ0v) is 89.1. The molecule has 3 aromatic carbocycles. The number of carbonyl (C=O) groups is 18. The molecule has 1 aliphatic rings. The van der Waals surface area contributed by atoms with Gasteiger partial charge in [0.2, 0.25) is 100 Å². The number of rotatable bonds is 72. The van der Waals surface area contributed by atoms with Crippen molar-refractivity contribution in [3.8, 4) is 0 Å². The molecule has 1 fully saturated rings. The lowest BCUT2D eigenvalue weighted by atomic mass is 9.95. The van der Waals surface area contributed by atoms with Gasteiger partial charge in [0, 0.05) is 19.4 Å². The number of hydrogen-bond acceptors (Lipinski definition) is 24. The van der Waals surface area contributed by atoms with E-state index in [9.17, 15) is 81.5 Å². The number of benzene rings is 3. The molecule has 0 bridgehead atoms. The first-order chi connectivity index (χ1) is 70.0. The van der Waals surface area contributed by atoms with Crippen molar-refractivity contribution in [3.05, 3.63) is 108 Å². The first kappa shape index (κ1) is 127. The Morgan fingerprint density at radius 3 is 1.03 bits per heavy atom. The Labute approximate surface area is 868 Å². The van der Waals surface area contributed by atoms with Crippen molar-refractivity contribution in [1.29, 1.82) is 0 Å². The molecule has 19 atom stereocenters. The van der Waals surface area contributed by atoms with Crippen LogP contribution in [0, 0.1) is 35.5 Å². The third kappa shape index (κ3) is 47.4. The lowest BCUT2D eigenvalue weighted by Crippen LogP contribution is -2.61. The average Bonchev–Trinajstić information content (AvgIpc) is 1.67. The number of hydrogen-bond donors (Lipinski definition) is 22. The molecule has 28 N–H and O–H groups in total. The highest BCUT2D eigenvalue weighted by Gasteiger charge is 2.44. The van der Waals surface area contributed by atoms with Crippen molar-refractivity contribution < 1.29 is 86.3 Å². The molecular weight excluding hydrogens is 1880 g/mol. The fraction of sp³-hybridized carbons (Fsp3) is 0.660. The van der Waals surface area contributed by atoms with Gasteiger partial charge in [0.05, 0.1) is 18.6 Å². The van der Waals surface area contributed by atoms with Crippen molar-refractivity contribution in [1.82, 2.24) is 90.0 Å². The van der Waals surface area contributed by atoms with Gasteiger partial charge in [0.1, 0.15) is 96.9 Å². The molecule has 147 heavy (non-hydrogen) atoms. The van der Waals surface area contributed by atoms with Gasteiger partial charge in [-0.15, -0.1) is 0 Å². The molecule has 1 saturated heterocycles. The summed E-state index contributed by atoms with van der Waals surface area (Å²) in [4.78, 5) is 259. The molecule has 17 amide bonds. The van der Waals surface area contributed by atoms with Gasteiger partial charge in [0.15, 0.2) is 0 Å². The van der Waals surface area contributed by atoms with Crippen molar-refractivity contribution in [2.45, 2.75) is 367 Å². The van der Waals surface area contributed by atoms with Gasteiger partial charge in [-0.2, -0.15) is 0 Å². The maximum atomic E-state index is 15.2. The summed E-state index contributed by atoms with van der Waals surface area (Å²) >= 11 is 0. The zero-order chi connectivity index (χ0) is 109. The van der Waals surface area contributed by atoms with Crippen LogP contribution in [0.4, 0.5) is 0 Å². The van der Waals surface area contributed by atoms with Gasteiger partial charge in [-0.25, -0.2) is 0 Å². The smallest absolute Gasteiger partial charge is 0.246 e. The van der Waals surface area contributed by atoms with Crippen molar-refractivity contribution in [2.75, 3.05) is 45.8 Å². The Hall–Kier alpha value is -11.9. The Morgan fingerprint density at radius 2 is 0.633 bits per heavy atom. The summed E-state index contributed by atoms with van der Waals surface area (Å²) in [5.41, 5.74) is 37.8. The second-order valence-electron chi connectivity index (χ2n) is 40.6. The van der Waals surface area contributed by atoms with E-state index in [0.29, 0.717) is 114 Å². The van der Waals surface area contributed by atoms with Gasteiger partial charge >= 0.3 is 0 Å². The van der Waals surface area contributed by atoms with Gasteiger partial charge < -0.3 is 129 Å². The van der Waals surface area contributed by atoms with Crippen LogP contribution in [0.3, 0.4) is 0 Å². The van der Waals surface area contributed by atoms with Crippen LogP contribution >= 0.6 is 0 Å². The summed E-state index contributed by atoms with van der Waals surface area (Å²) in [6.45, 7) is 25.3. The van der Waals surface area contributed by atoms with Crippen LogP contribution in [-0.2, 0) is 106 Å². The predicted octanol–water partition coefficient (Wildman–Crippen LogP) is 1.58. The number of aldehydes is 1. The quantitative estimate of drug-likeness (QED) is 0.0282. The topological polar surface area (TPSA) is 659 Å². The number of nitrogens with two attached hydrogens (primary N) is 6. The number of unbranched alkanes of at least 4 members (excludes halogenated alkanes) is 5. The number of nitrogens with zero attached hydrogens (tertiary/aromatic N) is 1. The first-order valence-electron chi connectivity index (χ1n) is 52.9. The normalized spacial score (nSPS) is 16.1. The largest absolute Gasteiger partial charge is 0.345 e. The summed E-state index contributed by atoms with van der Waals surface area (Å²) < 4.78 is 0. The summed E-state index contributed by atoms with van der Waals surface area (Å²) in [7, 11) is 0. The third-order valence-electron chi connectivity index (χ3n) is 26.0.